The second kappa shape index (κ2) is 9.10. The van der Waals surface area contributed by atoms with Gasteiger partial charge in [0.15, 0.2) is 5.16 Å². The number of hydrogen-bond donors (Lipinski definition) is 2. The van der Waals surface area contributed by atoms with Gasteiger partial charge < -0.3 is 15.4 Å². The molecule has 0 aliphatic heterocycles. The summed E-state index contributed by atoms with van der Waals surface area (Å²) in [6.07, 6.45) is 8.87. The van der Waals surface area contributed by atoms with Crippen molar-refractivity contribution >= 4 is 23.4 Å². The van der Waals surface area contributed by atoms with Crippen LogP contribution in [0.25, 0.3) is 0 Å². The highest BCUT2D eigenvalue weighted by atomic mass is 32.2. The zero-order valence-corrected chi connectivity index (χ0v) is 13.8. The minimum absolute atomic E-state index is 0.463. The lowest BCUT2D eigenvalue weighted by atomic mass is 9.98. The van der Waals surface area contributed by atoms with Gasteiger partial charge in [-0.1, -0.05) is 31.0 Å². The van der Waals surface area contributed by atoms with Crippen LogP contribution >= 0.6 is 11.8 Å². The first-order valence-electron chi connectivity index (χ1n) is 7.84. The predicted molar refractivity (Wildman–Crippen MR) is 89.3 cm³/mol. The Hall–Kier alpha value is -1.01. The smallest absolute Gasteiger partial charge is 0.191 e. The molecule has 118 valence electrons. The van der Waals surface area contributed by atoms with Gasteiger partial charge in [0.25, 0.3) is 0 Å². The molecule has 5 nitrogen and oxygen atoms in total. The number of thioether (sulfide) groups is 1. The quantitative estimate of drug-likeness (QED) is 0.436. The molecule has 1 saturated carbocycles. The van der Waals surface area contributed by atoms with Crippen molar-refractivity contribution in [2.24, 2.45) is 0 Å². The van der Waals surface area contributed by atoms with Crippen molar-refractivity contribution in [1.82, 2.24) is 9.97 Å². The summed E-state index contributed by atoms with van der Waals surface area (Å²) in [5.74, 6) is 1.73. The predicted octanol–water partition coefficient (Wildman–Crippen LogP) is 3.39. The average molecular weight is 310 g/mol. The van der Waals surface area contributed by atoms with E-state index < -0.39 is 0 Å². The fraction of sp³-hybridized carbons (Fsp3) is 0.733. The molecule has 2 N–H and O–H groups in total. The van der Waals surface area contributed by atoms with Crippen LogP contribution in [0.2, 0.25) is 0 Å². The van der Waals surface area contributed by atoms with Crippen molar-refractivity contribution in [2.45, 2.75) is 50.3 Å². The first-order valence-corrected chi connectivity index (χ1v) is 9.06. The summed E-state index contributed by atoms with van der Waals surface area (Å²) in [6.45, 7) is 4.44. The topological polar surface area (TPSA) is 59.1 Å². The third-order valence-corrected chi connectivity index (χ3v) is 4.11. The molecule has 1 heterocycles. The van der Waals surface area contributed by atoms with E-state index in [-0.39, 0.29) is 0 Å². The lowest BCUT2D eigenvalue weighted by Crippen LogP contribution is -2.20. The van der Waals surface area contributed by atoms with Gasteiger partial charge in [-0.25, -0.2) is 9.97 Å². The molecule has 6 heteroatoms. The standard InChI is InChI=1S/C15H26N4OS/c1-3-16-13-11-14(19-15(18-13)21-2)17-9-10-20-12-7-5-4-6-8-12/h11-12H,3-10H2,1-2H3,(H2,16,17,18,19). The normalized spacial score (nSPS) is 15.9. The summed E-state index contributed by atoms with van der Waals surface area (Å²) >= 11 is 1.55. The summed E-state index contributed by atoms with van der Waals surface area (Å²) in [7, 11) is 0. The van der Waals surface area contributed by atoms with Gasteiger partial charge in [-0.15, -0.1) is 0 Å². The van der Waals surface area contributed by atoms with Crippen molar-refractivity contribution in [3.05, 3.63) is 6.07 Å². The van der Waals surface area contributed by atoms with Gasteiger partial charge in [-0.05, 0) is 26.0 Å². The maximum absolute atomic E-state index is 5.91. The van der Waals surface area contributed by atoms with E-state index in [9.17, 15) is 0 Å². The number of ether oxygens (including phenoxy) is 1. The minimum atomic E-state index is 0.463. The Balaban J connectivity index is 1.77. The second-order valence-corrected chi connectivity index (χ2v) is 5.99. The molecule has 1 aliphatic carbocycles. The van der Waals surface area contributed by atoms with Gasteiger partial charge in [0.05, 0.1) is 12.7 Å². The molecule has 0 radical (unpaired) electrons. The Kier molecular flexibility index (Phi) is 7.09. The van der Waals surface area contributed by atoms with Crippen LogP contribution in [-0.2, 0) is 4.74 Å². The molecule has 0 amide bonds. The highest BCUT2D eigenvalue weighted by Gasteiger charge is 2.13. The highest BCUT2D eigenvalue weighted by molar-refractivity contribution is 7.98. The molecule has 0 bridgehead atoms. The van der Waals surface area contributed by atoms with Crippen molar-refractivity contribution in [1.29, 1.82) is 0 Å². The van der Waals surface area contributed by atoms with Crippen molar-refractivity contribution in [2.75, 3.05) is 36.6 Å². The zero-order valence-electron chi connectivity index (χ0n) is 13.0. The average Bonchev–Trinajstić information content (AvgIpc) is 2.53. The number of rotatable bonds is 8. The third-order valence-electron chi connectivity index (χ3n) is 3.56. The Bertz CT molecular complexity index is 424. The summed E-state index contributed by atoms with van der Waals surface area (Å²) < 4.78 is 5.91. The molecule has 0 spiro atoms. The maximum atomic E-state index is 5.91. The van der Waals surface area contributed by atoms with Crippen LogP contribution in [0, 0.1) is 0 Å². The van der Waals surface area contributed by atoms with Crippen LogP contribution in [0.5, 0.6) is 0 Å². The van der Waals surface area contributed by atoms with E-state index in [0.29, 0.717) is 6.10 Å². The summed E-state index contributed by atoms with van der Waals surface area (Å²) in [4.78, 5) is 8.88. The lowest BCUT2D eigenvalue weighted by Gasteiger charge is -2.22. The van der Waals surface area contributed by atoms with Crippen molar-refractivity contribution < 1.29 is 4.74 Å². The van der Waals surface area contributed by atoms with Crippen LogP contribution < -0.4 is 10.6 Å². The number of anilines is 2. The molecule has 21 heavy (non-hydrogen) atoms. The Morgan fingerprint density at radius 1 is 1.19 bits per heavy atom. The second-order valence-electron chi connectivity index (χ2n) is 5.21. The van der Waals surface area contributed by atoms with Crippen LogP contribution in [-0.4, -0.2) is 42.0 Å². The molecule has 1 aliphatic rings. The maximum Gasteiger partial charge on any atom is 0.191 e. The van der Waals surface area contributed by atoms with E-state index in [1.807, 2.05) is 12.3 Å². The zero-order chi connectivity index (χ0) is 14.9. The highest BCUT2D eigenvalue weighted by Crippen LogP contribution is 2.20. The van der Waals surface area contributed by atoms with Crippen LogP contribution in [0.3, 0.4) is 0 Å². The Morgan fingerprint density at radius 3 is 2.57 bits per heavy atom. The van der Waals surface area contributed by atoms with Gasteiger partial charge >= 0.3 is 0 Å². The molecular weight excluding hydrogens is 284 g/mol. The van der Waals surface area contributed by atoms with Gasteiger partial charge in [-0.3, -0.25) is 0 Å². The summed E-state index contributed by atoms with van der Waals surface area (Å²) in [6, 6.07) is 1.95. The number of nitrogens with one attached hydrogen (secondary N) is 2. The minimum Gasteiger partial charge on any atom is -0.376 e. The molecular formula is C15H26N4OS. The van der Waals surface area contributed by atoms with E-state index in [1.165, 1.54) is 32.1 Å². The SMILES string of the molecule is CCNc1cc(NCCOC2CCCCC2)nc(SC)n1. The largest absolute Gasteiger partial charge is 0.376 e. The van der Waals surface area contributed by atoms with E-state index >= 15 is 0 Å². The van der Waals surface area contributed by atoms with E-state index in [0.717, 1.165) is 36.5 Å². The van der Waals surface area contributed by atoms with Crippen molar-refractivity contribution in [3.63, 3.8) is 0 Å². The van der Waals surface area contributed by atoms with Gasteiger partial charge in [0, 0.05) is 19.2 Å². The molecule has 0 aromatic carbocycles. The monoisotopic (exact) mass is 310 g/mol. The van der Waals surface area contributed by atoms with Crippen LogP contribution in [0.4, 0.5) is 11.6 Å². The number of hydrogen-bond acceptors (Lipinski definition) is 6. The Labute approximate surface area is 131 Å². The van der Waals surface area contributed by atoms with E-state index in [1.54, 1.807) is 11.8 Å². The van der Waals surface area contributed by atoms with E-state index in [2.05, 4.69) is 27.5 Å². The molecule has 1 fully saturated rings. The lowest BCUT2D eigenvalue weighted by molar-refractivity contribution is 0.0347. The van der Waals surface area contributed by atoms with Gasteiger partial charge in [0.1, 0.15) is 11.6 Å². The molecule has 1 aromatic rings. The first kappa shape index (κ1) is 16.4. The Morgan fingerprint density at radius 2 is 1.90 bits per heavy atom. The van der Waals surface area contributed by atoms with Crippen LogP contribution in [0.15, 0.2) is 11.2 Å². The van der Waals surface area contributed by atoms with Gasteiger partial charge in [0.2, 0.25) is 0 Å². The van der Waals surface area contributed by atoms with E-state index in [4.69, 9.17) is 4.74 Å². The first-order chi connectivity index (χ1) is 10.3. The number of aromatic nitrogens is 2. The molecule has 0 atom stereocenters. The molecule has 1 aromatic heterocycles. The molecule has 2 rings (SSSR count). The fourth-order valence-electron chi connectivity index (χ4n) is 2.52. The third kappa shape index (κ3) is 5.71. The number of nitrogens with zero attached hydrogens (tertiary/aromatic N) is 2. The fourth-order valence-corrected chi connectivity index (χ4v) is 2.89. The molecule has 0 saturated heterocycles. The van der Waals surface area contributed by atoms with Gasteiger partial charge in [-0.2, -0.15) is 0 Å². The summed E-state index contributed by atoms with van der Waals surface area (Å²) in [5, 5.41) is 7.34. The summed E-state index contributed by atoms with van der Waals surface area (Å²) in [5.41, 5.74) is 0. The molecule has 0 unspecified atom stereocenters. The van der Waals surface area contributed by atoms with Crippen molar-refractivity contribution in [3.8, 4) is 0 Å². The van der Waals surface area contributed by atoms with Crippen LogP contribution in [0.1, 0.15) is 39.0 Å².